The summed E-state index contributed by atoms with van der Waals surface area (Å²) in [6, 6.07) is 0. The maximum atomic E-state index is 2.61. The van der Waals surface area contributed by atoms with Crippen molar-refractivity contribution in [1.29, 1.82) is 0 Å². The molecular formula is C17H32. The molecule has 0 aromatic heterocycles. The van der Waals surface area contributed by atoms with E-state index in [0.29, 0.717) is 5.41 Å². The molecule has 0 aromatic carbocycles. The summed E-state index contributed by atoms with van der Waals surface area (Å²) in [4.78, 5) is 0. The highest BCUT2D eigenvalue weighted by Gasteiger charge is 2.42. The molecule has 17 heavy (non-hydrogen) atoms. The minimum atomic E-state index is 0.684. The molecule has 0 radical (unpaired) electrons. The number of hydrogen-bond acceptors (Lipinski definition) is 0. The van der Waals surface area contributed by atoms with Crippen molar-refractivity contribution in [2.75, 3.05) is 0 Å². The van der Waals surface area contributed by atoms with E-state index in [1.165, 1.54) is 64.2 Å². The molecule has 2 fully saturated rings. The Kier molecular flexibility index (Phi) is 4.55. The summed E-state index contributed by atoms with van der Waals surface area (Å²) in [6.45, 7) is 7.52. The molecule has 100 valence electrons. The molecule has 0 spiro atoms. The van der Waals surface area contributed by atoms with E-state index in [0.717, 1.165) is 17.8 Å². The minimum Gasteiger partial charge on any atom is -0.0654 e. The molecule has 0 aliphatic heterocycles. The predicted octanol–water partition coefficient (Wildman–Crippen LogP) is 5.81. The molecule has 0 heterocycles. The zero-order valence-electron chi connectivity index (χ0n) is 12.3. The van der Waals surface area contributed by atoms with Crippen LogP contribution in [0, 0.1) is 23.2 Å². The third-order valence-electron chi connectivity index (χ3n) is 5.92. The van der Waals surface area contributed by atoms with E-state index in [9.17, 15) is 0 Å². The Morgan fingerprint density at radius 1 is 1.00 bits per heavy atom. The first-order valence-electron chi connectivity index (χ1n) is 8.17. The van der Waals surface area contributed by atoms with Crippen molar-refractivity contribution in [2.24, 2.45) is 23.2 Å². The van der Waals surface area contributed by atoms with Crippen LogP contribution in [0.2, 0.25) is 0 Å². The van der Waals surface area contributed by atoms with Crippen LogP contribution in [0.3, 0.4) is 0 Å². The summed E-state index contributed by atoms with van der Waals surface area (Å²) >= 11 is 0. The second-order valence-electron chi connectivity index (χ2n) is 7.18. The smallest absolute Gasteiger partial charge is 0.0295 e. The maximum Gasteiger partial charge on any atom is -0.0295 e. The number of rotatable bonds is 3. The van der Waals surface area contributed by atoms with Crippen molar-refractivity contribution in [3.63, 3.8) is 0 Å². The Bertz CT molecular complexity index is 228. The van der Waals surface area contributed by atoms with E-state index in [2.05, 4.69) is 20.8 Å². The van der Waals surface area contributed by atoms with E-state index in [1.807, 2.05) is 0 Å². The van der Waals surface area contributed by atoms with E-state index < -0.39 is 0 Å². The highest BCUT2D eigenvalue weighted by Crippen LogP contribution is 2.52. The molecule has 4 atom stereocenters. The molecule has 0 amide bonds. The standard InChI is InChI=1S/C17H32/c1-4-12-17(3)13-8-7-11-16(17)15-10-6-5-9-14(15)2/h14-16H,4-13H2,1-3H3/t14-,15?,16?,17+/m1/s1. The Balaban J connectivity index is 2.09. The van der Waals surface area contributed by atoms with Crippen molar-refractivity contribution in [1.82, 2.24) is 0 Å². The molecular weight excluding hydrogens is 204 g/mol. The maximum absolute atomic E-state index is 2.61. The van der Waals surface area contributed by atoms with Gasteiger partial charge in [0.05, 0.1) is 0 Å². The lowest BCUT2D eigenvalue weighted by molar-refractivity contribution is 0.0151. The summed E-state index contributed by atoms with van der Waals surface area (Å²) < 4.78 is 0. The molecule has 2 aliphatic carbocycles. The van der Waals surface area contributed by atoms with Gasteiger partial charge >= 0.3 is 0 Å². The van der Waals surface area contributed by atoms with Crippen molar-refractivity contribution >= 4 is 0 Å². The molecule has 2 saturated carbocycles. The predicted molar refractivity (Wildman–Crippen MR) is 76.1 cm³/mol. The molecule has 0 nitrogen and oxygen atoms in total. The molecule has 0 heteroatoms. The van der Waals surface area contributed by atoms with Gasteiger partial charge in [0.15, 0.2) is 0 Å². The van der Waals surface area contributed by atoms with Gasteiger partial charge in [-0.1, -0.05) is 59.3 Å². The SMILES string of the molecule is CCC[C@@]1(C)CCCCC1C1CCCC[C@H]1C. The Hall–Kier alpha value is 0. The van der Waals surface area contributed by atoms with Crippen molar-refractivity contribution in [3.8, 4) is 0 Å². The Labute approximate surface area is 109 Å². The second kappa shape index (κ2) is 5.76. The first-order valence-corrected chi connectivity index (χ1v) is 8.17. The zero-order valence-corrected chi connectivity index (χ0v) is 12.3. The van der Waals surface area contributed by atoms with Crippen molar-refractivity contribution in [3.05, 3.63) is 0 Å². The first kappa shape index (κ1) is 13.4. The van der Waals surface area contributed by atoms with Crippen LogP contribution >= 0.6 is 0 Å². The fourth-order valence-electron chi connectivity index (χ4n) is 4.98. The van der Waals surface area contributed by atoms with Crippen LogP contribution in [0.1, 0.15) is 85.0 Å². The molecule has 0 N–H and O–H groups in total. The molecule has 0 saturated heterocycles. The quantitative estimate of drug-likeness (QED) is 0.580. The lowest BCUT2D eigenvalue weighted by Crippen LogP contribution is -2.39. The van der Waals surface area contributed by atoms with Gasteiger partial charge in [0.2, 0.25) is 0 Å². The fraction of sp³-hybridized carbons (Fsp3) is 1.00. The van der Waals surface area contributed by atoms with Crippen LogP contribution in [0.15, 0.2) is 0 Å². The highest BCUT2D eigenvalue weighted by molar-refractivity contribution is 4.92. The van der Waals surface area contributed by atoms with Crippen LogP contribution in [-0.2, 0) is 0 Å². The molecule has 2 aliphatic rings. The van der Waals surface area contributed by atoms with Gasteiger partial charge in [-0.15, -0.1) is 0 Å². The van der Waals surface area contributed by atoms with Gasteiger partial charge in [-0.25, -0.2) is 0 Å². The Morgan fingerprint density at radius 3 is 2.41 bits per heavy atom. The summed E-state index contributed by atoms with van der Waals surface area (Å²) in [6.07, 6.45) is 14.9. The van der Waals surface area contributed by atoms with Gasteiger partial charge in [0.25, 0.3) is 0 Å². The third-order valence-corrected chi connectivity index (χ3v) is 5.92. The van der Waals surface area contributed by atoms with E-state index >= 15 is 0 Å². The van der Waals surface area contributed by atoms with Gasteiger partial charge in [-0.2, -0.15) is 0 Å². The fourth-order valence-corrected chi connectivity index (χ4v) is 4.98. The van der Waals surface area contributed by atoms with E-state index in [4.69, 9.17) is 0 Å². The van der Waals surface area contributed by atoms with Gasteiger partial charge in [-0.3, -0.25) is 0 Å². The van der Waals surface area contributed by atoms with Gasteiger partial charge in [0, 0.05) is 0 Å². The van der Waals surface area contributed by atoms with Crippen LogP contribution in [0.25, 0.3) is 0 Å². The normalized spacial score (nSPS) is 43.6. The summed E-state index contributed by atoms with van der Waals surface area (Å²) in [7, 11) is 0. The van der Waals surface area contributed by atoms with Gasteiger partial charge < -0.3 is 0 Å². The lowest BCUT2D eigenvalue weighted by Gasteiger charge is -2.49. The van der Waals surface area contributed by atoms with Gasteiger partial charge in [0.1, 0.15) is 0 Å². The minimum absolute atomic E-state index is 0.684. The zero-order chi connectivity index (χ0) is 12.3. The molecule has 2 unspecified atom stereocenters. The van der Waals surface area contributed by atoms with Crippen LogP contribution in [0.5, 0.6) is 0 Å². The monoisotopic (exact) mass is 236 g/mol. The first-order chi connectivity index (χ1) is 8.17. The van der Waals surface area contributed by atoms with E-state index in [1.54, 1.807) is 0 Å². The van der Waals surface area contributed by atoms with Crippen LogP contribution in [0.4, 0.5) is 0 Å². The highest BCUT2D eigenvalue weighted by atomic mass is 14.5. The topological polar surface area (TPSA) is 0 Å². The van der Waals surface area contributed by atoms with Crippen LogP contribution in [-0.4, -0.2) is 0 Å². The molecule has 2 rings (SSSR count). The second-order valence-corrected chi connectivity index (χ2v) is 7.18. The van der Waals surface area contributed by atoms with Gasteiger partial charge in [-0.05, 0) is 48.9 Å². The van der Waals surface area contributed by atoms with E-state index in [-0.39, 0.29) is 0 Å². The molecule has 0 aromatic rings. The lowest BCUT2D eigenvalue weighted by atomic mass is 9.57. The average Bonchev–Trinajstić information content (AvgIpc) is 2.31. The number of hydrogen-bond donors (Lipinski definition) is 0. The average molecular weight is 236 g/mol. The summed E-state index contributed by atoms with van der Waals surface area (Å²) in [5.41, 5.74) is 0.684. The van der Waals surface area contributed by atoms with Crippen LogP contribution < -0.4 is 0 Å². The third kappa shape index (κ3) is 2.88. The molecule has 0 bridgehead atoms. The largest absolute Gasteiger partial charge is 0.0654 e. The van der Waals surface area contributed by atoms with Crippen molar-refractivity contribution < 1.29 is 0 Å². The van der Waals surface area contributed by atoms with Crippen molar-refractivity contribution in [2.45, 2.75) is 85.0 Å². The Morgan fingerprint density at radius 2 is 1.71 bits per heavy atom. The summed E-state index contributed by atoms with van der Waals surface area (Å²) in [5.74, 6) is 3.11. The summed E-state index contributed by atoms with van der Waals surface area (Å²) in [5, 5.41) is 0.